The van der Waals surface area contributed by atoms with Crippen molar-refractivity contribution in [1.82, 2.24) is 10.2 Å². The van der Waals surface area contributed by atoms with Gasteiger partial charge in [-0.3, -0.25) is 9.59 Å². The van der Waals surface area contributed by atoms with Gasteiger partial charge in [-0.1, -0.05) is 52.7 Å². The molecule has 0 spiro atoms. The summed E-state index contributed by atoms with van der Waals surface area (Å²) in [5.74, 6) is 0.0402. The third-order valence-corrected chi connectivity index (χ3v) is 4.85. The summed E-state index contributed by atoms with van der Waals surface area (Å²) in [7, 11) is 0. The normalized spacial score (nSPS) is 11.6. The highest BCUT2D eigenvalue weighted by atomic mass is 79.9. The maximum atomic E-state index is 12.9. The monoisotopic (exact) mass is 466 g/mol. The predicted octanol–water partition coefficient (Wildman–Crippen LogP) is 4.42. The van der Waals surface area contributed by atoms with Crippen molar-refractivity contribution in [1.29, 1.82) is 0 Å². The molecular weight excluding hydrogens is 444 g/mol. The van der Waals surface area contributed by atoms with Crippen LogP contribution in [0.15, 0.2) is 53.0 Å². The van der Waals surface area contributed by atoms with Crippen LogP contribution in [0.25, 0.3) is 0 Å². The number of hydrogen-bond acceptors (Lipinski definition) is 3. The number of hydrogen-bond donors (Lipinski definition) is 1. The third kappa shape index (κ3) is 6.84. The van der Waals surface area contributed by atoms with E-state index < -0.39 is 6.04 Å². The first kappa shape index (κ1) is 22.2. The highest BCUT2D eigenvalue weighted by Crippen LogP contribution is 2.18. The van der Waals surface area contributed by atoms with Gasteiger partial charge in [0.1, 0.15) is 11.8 Å². The number of amides is 2. The van der Waals surface area contributed by atoms with Gasteiger partial charge in [0.25, 0.3) is 5.91 Å². The molecular formula is C21H24BrClN2O3. The van der Waals surface area contributed by atoms with E-state index in [1.54, 1.807) is 31.2 Å². The lowest BCUT2D eigenvalue weighted by Crippen LogP contribution is -2.49. The van der Waals surface area contributed by atoms with Crippen molar-refractivity contribution >= 4 is 39.3 Å². The zero-order chi connectivity index (χ0) is 20.5. The molecule has 7 heteroatoms. The number of nitrogens with one attached hydrogen (secondary N) is 1. The molecule has 0 saturated heterocycles. The molecule has 28 heavy (non-hydrogen) atoms. The van der Waals surface area contributed by atoms with Crippen LogP contribution in [-0.2, 0) is 16.1 Å². The average Bonchev–Trinajstić information content (AvgIpc) is 2.68. The Balaban J connectivity index is 2.13. The largest absolute Gasteiger partial charge is 0.484 e. The smallest absolute Gasteiger partial charge is 0.261 e. The summed E-state index contributed by atoms with van der Waals surface area (Å²) >= 11 is 9.39. The summed E-state index contributed by atoms with van der Waals surface area (Å²) in [5, 5.41) is 3.38. The second-order valence-corrected chi connectivity index (χ2v) is 7.72. The molecule has 1 unspecified atom stereocenters. The van der Waals surface area contributed by atoms with Gasteiger partial charge in [-0.15, -0.1) is 0 Å². The number of carbonyl (C=O) groups is 2. The van der Waals surface area contributed by atoms with Gasteiger partial charge in [0.2, 0.25) is 5.91 Å². The first-order chi connectivity index (χ1) is 13.4. The summed E-state index contributed by atoms with van der Waals surface area (Å²) < 4.78 is 6.50. The summed E-state index contributed by atoms with van der Waals surface area (Å²) in [6.07, 6.45) is 0.829. The minimum atomic E-state index is -0.624. The lowest BCUT2D eigenvalue weighted by Gasteiger charge is -2.28. The molecule has 1 atom stereocenters. The van der Waals surface area contributed by atoms with Crippen molar-refractivity contribution in [2.45, 2.75) is 32.9 Å². The van der Waals surface area contributed by atoms with Crippen molar-refractivity contribution in [3.63, 3.8) is 0 Å². The zero-order valence-electron chi connectivity index (χ0n) is 16.0. The van der Waals surface area contributed by atoms with Gasteiger partial charge in [-0.2, -0.15) is 0 Å². The van der Waals surface area contributed by atoms with Gasteiger partial charge in [0.15, 0.2) is 6.61 Å². The van der Waals surface area contributed by atoms with Crippen LogP contribution in [0.4, 0.5) is 0 Å². The second kappa shape index (κ2) is 11.1. The molecule has 150 valence electrons. The van der Waals surface area contributed by atoms with Crippen LogP contribution < -0.4 is 10.1 Å². The van der Waals surface area contributed by atoms with Crippen molar-refractivity contribution < 1.29 is 14.3 Å². The van der Waals surface area contributed by atoms with Crippen LogP contribution in [0.5, 0.6) is 5.75 Å². The van der Waals surface area contributed by atoms with Crippen molar-refractivity contribution in [3.8, 4) is 5.75 Å². The molecule has 0 aliphatic carbocycles. The molecule has 1 N–H and O–H groups in total. The van der Waals surface area contributed by atoms with Gasteiger partial charge in [-0.25, -0.2) is 0 Å². The van der Waals surface area contributed by atoms with Crippen LogP contribution in [0.3, 0.4) is 0 Å². The molecule has 5 nitrogen and oxygen atoms in total. The van der Waals surface area contributed by atoms with Crippen LogP contribution >= 0.6 is 27.5 Å². The van der Waals surface area contributed by atoms with E-state index in [1.165, 1.54) is 4.90 Å². The standard InChI is InChI=1S/C21H24BrClN2O3/c1-3-10-24-21(27)15(2)25(13-16-6-4-7-17(22)11-16)20(26)14-28-19-9-5-8-18(23)12-19/h4-9,11-12,15H,3,10,13-14H2,1-2H3,(H,24,27). The maximum absolute atomic E-state index is 12.9. The summed E-state index contributed by atoms with van der Waals surface area (Å²) in [5.41, 5.74) is 0.917. The Hall–Kier alpha value is -2.05. The molecule has 0 aromatic heterocycles. The van der Waals surface area contributed by atoms with E-state index in [0.717, 1.165) is 16.5 Å². The van der Waals surface area contributed by atoms with E-state index >= 15 is 0 Å². The first-order valence-electron chi connectivity index (χ1n) is 9.10. The van der Waals surface area contributed by atoms with E-state index in [1.807, 2.05) is 31.2 Å². The van der Waals surface area contributed by atoms with Gasteiger partial charge in [0, 0.05) is 22.6 Å². The SMILES string of the molecule is CCCNC(=O)C(C)N(Cc1cccc(Br)c1)C(=O)COc1cccc(Cl)c1. The summed E-state index contributed by atoms with van der Waals surface area (Å²) in [4.78, 5) is 26.9. The Kier molecular flexibility index (Phi) is 8.80. The fourth-order valence-corrected chi connectivity index (χ4v) is 3.22. The van der Waals surface area contributed by atoms with Crippen LogP contribution in [0.2, 0.25) is 5.02 Å². The molecule has 2 aromatic rings. The Bertz CT molecular complexity index is 816. The quantitative estimate of drug-likeness (QED) is 0.594. The van der Waals surface area contributed by atoms with Gasteiger partial charge >= 0.3 is 0 Å². The third-order valence-electron chi connectivity index (χ3n) is 4.12. The fraction of sp³-hybridized carbons (Fsp3) is 0.333. The maximum Gasteiger partial charge on any atom is 0.261 e. The minimum Gasteiger partial charge on any atom is -0.484 e. The number of nitrogens with zero attached hydrogens (tertiary/aromatic N) is 1. The van der Waals surface area contributed by atoms with Crippen molar-refractivity contribution in [2.24, 2.45) is 0 Å². The van der Waals surface area contributed by atoms with E-state index in [-0.39, 0.29) is 18.4 Å². The van der Waals surface area contributed by atoms with Gasteiger partial charge in [-0.05, 0) is 49.2 Å². The van der Waals surface area contributed by atoms with Gasteiger partial charge < -0.3 is 15.0 Å². The lowest BCUT2D eigenvalue weighted by atomic mass is 10.1. The van der Waals surface area contributed by atoms with Crippen LogP contribution in [0.1, 0.15) is 25.8 Å². The highest BCUT2D eigenvalue weighted by Gasteiger charge is 2.26. The number of ether oxygens (including phenoxy) is 1. The Morgan fingerprint density at radius 2 is 1.96 bits per heavy atom. The molecule has 0 aliphatic heterocycles. The number of benzene rings is 2. The topological polar surface area (TPSA) is 58.6 Å². The fourth-order valence-electron chi connectivity index (χ4n) is 2.60. The number of carbonyl (C=O) groups excluding carboxylic acids is 2. The summed E-state index contributed by atoms with van der Waals surface area (Å²) in [6.45, 7) is 4.40. The Labute approximate surface area is 179 Å². The van der Waals surface area contributed by atoms with Crippen LogP contribution in [-0.4, -0.2) is 35.9 Å². The molecule has 0 aliphatic rings. The molecule has 0 radical (unpaired) electrons. The number of rotatable bonds is 9. The van der Waals surface area contributed by atoms with Crippen molar-refractivity contribution in [2.75, 3.05) is 13.2 Å². The van der Waals surface area contributed by atoms with E-state index in [4.69, 9.17) is 16.3 Å². The number of halogens is 2. The minimum absolute atomic E-state index is 0.181. The molecule has 0 heterocycles. The summed E-state index contributed by atoms with van der Waals surface area (Å²) in [6, 6.07) is 13.9. The van der Waals surface area contributed by atoms with Crippen molar-refractivity contribution in [3.05, 3.63) is 63.6 Å². The Morgan fingerprint density at radius 3 is 2.64 bits per heavy atom. The average molecular weight is 468 g/mol. The first-order valence-corrected chi connectivity index (χ1v) is 10.3. The molecule has 2 aromatic carbocycles. The van der Waals surface area contributed by atoms with Crippen LogP contribution in [0, 0.1) is 0 Å². The Morgan fingerprint density at radius 1 is 1.21 bits per heavy atom. The molecule has 2 amide bonds. The lowest BCUT2D eigenvalue weighted by molar-refractivity contribution is -0.142. The second-order valence-electron chi connectivity index (χ2n) is 6.36. The molecule has 0 bridgehead atoms. The molecule has 0 fully saturated rings. The molecule has 2 rings (SSSR count). The highest BCUT2D eigenvalue weighted by molar-refractivity contribution is 9.10. The predicted molar refractivity (Wildman–Crippen MR) is 114 cm³/mol. The van der Waals surface area contributed by atoms with Gasteiger partial charge in [0.05, 0.1) is 0 Å². The zero-order valence-corrected chi connectivity index (χ0v) is 18.3. The van der Waals surface area contributed by atoms with E-state index in [2.05, 4.69) is 21.2 Å². The van der Waals surface area contributed by atoms with E-state index in [0.29, 0.717) is 23.9 Å². The molecule has 0 saturated carbocycles. The van der Waals surface area contributed by atoms with E-state index in [9.17, 15) is 9.59 Å².